The molecule has 0 bridgehead atoms. The first-order valence-corrected chi connectivity index (χ1v) is 7.08. The van der Waals surface area contributed by atoms with Crippen molar-refractivity contribution < 1.29 is 0 Å². The second-order valence-corrected chi connectivity index (χ2v) is 5.73. The summed E-state index contributed by atoms with van der Waals surface area (Å²) in [6.07, 6.45) is 6.05. The Labute approximate surface area is 94.4 Å². The van der Waals surface area contributed by atoms with Gasteiger partial charge in [-0.25, -0.2) is 0 Å². The van der Waals surface area contributed by atoms with Crippen molar-refractivity contribution in [2.24, 2.45) is 5.92 Å². The van der Waals surface area contributed by atoms with Gasteiger partial charge < -0.3 is 5.32 Å². The summed E-state index contributed by atoms with van der Waals surface area (Å²) in [5, 5.41) is 3.59. The monoisotopic (exact) mass is 217 g/mol. The van der Waals surface area contributed by atoms with E-state index < -0.39 is 0 Å². The quantitative estimate of drug-likeness (QED) is 0.624. The van der Waals surface area contributed by atoms with E-state index >= 15 is 0 Å². The van der Waals surface area contributed by atoms with Crippen LogP contribution in [0.4, 0.5) is 0 Å². The lowest BCUT2D eigenvalue weighted by atomic mass is 10.0. The van der Waals surface area contributed by atoms with Crippen molar-refractivity contribution >= 4 is 11.8 Å². The van der Waals surface area contributed by atoms with Crippen LogP contribution in [0.15, 0.2) is 0 Å². The van der Waals surface area contributed by atoms with Crippen LogP contribution in [0.3, 0.4) is 0 Å². The van der Waals surface area contributed by atoms with Crippen LogP contribution in [0.1, 0.15) is 47.0 Å². The van der Waals surface area contributed by atoms with Gasteiger partial charge in [0.15, 0.2) is 0 Å². The van der Waals surface area contributed by atoms with E-state index in [1.54, 1.807) is 0 Å². The molecule has 0 rings (SSSR count). The summed E-state index contributed by atoms with van der Waals surface area (Å²) in [5.74, 6) is 0.814. The molecule has 0 aliphatic heterocycles. The first kappa shape index (κ1) is 14.3. The van der Waals surface area contributed by atoms with Gasteiger partial charge in [-0.15, -0.1) is 0 Å². The zero-order valence-corrected chi connectivity index (χ0v) is 11.3. The Balaban J connectivity index is 3.71. The zero-order valence-electron chi connectivity index (χ0n) is 10.5. The molecule has 0 aromatic heterocycles. The van der Waals surface area contributed by atoms with Gasteiger partial charge in [0.1, 0.15) is 0 Å². The maximum absolute atomic E-state index is 3.59. The van der Waals surface area contributed by atoms with E-state index in [0.717, 1.165) is 12.5 Å². The third-order valence-corrected chi connectivity index (χ3v) is 4.66. The van der Waals surface area contributed by atoms with Gasteiger partial charge in [0.25, 0.3) is 0 Å². The second-order valence-electron chi connectivity index (χ2n) is 4.45. The van der Waals surface area contributed by atoms with Crippen LogP contribution in [-0.2, 0) is 0 Å². The molecule has 1 nitrogen and oxygen atoms in total. The highest BCUT2D eigenvalue weighted by atomic mass is 32.2. The van der Waals surface area contributed by atoms with Crippen molar-refractivity contribution in [1.82, 2.24) is 5.32 Å². The molecule has 14 heavy (non-hydrogen) atoms. The molecule has 0 aromatic carbocycles. The molecule has 0 aromatic rings. The number of rotatable bonds is 8. The van der Waals surface area contributed by atoms with Crippen molar-refractivity contribution in [3.05, 3.63) is 0 Å². The lowest BCUT2D eigenvalue weighted by Crippen LogP contribution is -2.37. The number of hydrogen-bond acceptors (Lipinski definition) is 2. The van der Waals surface area contributed by atoms with Crippen molar-refractivity contribution in [3.63, 3.8) is 0 Å². The highest BCUT2D eigenvalue weighted by molar-refractivity contribution is 8.00. The topological polar surface area (TPSA) is 12.0 Å². The lowest BCUT2D eigenvalue weighted by molar-refractivity contribution is 0.468. The predicted octanol–water partition coefficient (Wildman–Crippen LogP) is 3.54. The summed E-state index contributed by atoms with van der Waals surface area (Å²) >= 11 is 2.01. The molecule has 86 valence electrons. The fraction of sp³-hybridized carbons (Fsp3) is 1.00. The van der Waals surface area contributed by atoms with Crippen molar-refractivity contribution in [3.8, 4) is 0 Å². The molecular weight excluding hydrogens is 190 g/mol. The third-order valence-electron chi connectivity index (χ3n) is 3.07. The molecule has 0 aliphatic rings. The largest absolute Gasteiger partial charge is 0.315 e. The number of hydrogen-bond donors (Lipinski definition) is 1. The van der Waals surface area contributed by atoms with Crippen LogP contribution < -0.4 is 5.32 Å². The average Bonchev–Trinajstić information content (AvgIpc) is 2.19. The molecule has 1 N–H and O–H groups in total. The van der Waals surface area contributed by atoms with Crippen LogP contribution in [0.5, 0.6) is 0 Å². The van der Waals surface area contributed by atoms with Gasteiger partial charge in [-0.3, -0.25) is 0 Å². The molecule has 0 saturated carbocycles. The van der Waals surface area contributed by atoms with Gasteiger partial charge in [-0.05, 0) is 38.0 Å². The predicted molar refractivity (Wildman–Crippen MR) is 69.2 cm³/mol. The molecule has 0 fully saturated rings. The molecule has 2 heteroatoms. The van der Waals surface area contributed by atoms with E-state index in [4.69, 9.17) is 0 Å². The normalized spacial score (nSPS) is 12.4. The van der Waals surface area contributed by atoms with Crippen molar-refractivity contribution in [1.29, 1.82) is 0 Å². The molecule has 0 atom stereocenters. The Bertz CT molecular complexity index is 122. The Hall–Kier alpha value is 0.310. The van der Waals surface area contributed by atoms with Crippen LogP contribution >= 0.6 is 11.8 Å². The van der Waals surface area contributed by atoms with Crippen molar-refractivity contribution in [2.75, 3.05) is 19.3 Å². The summed E-state index contributed by atoms with van der Waals surface area (Å²) < 4.78 is 0.469. The summed E-state index contributed by atoms with van der Waals surface area (Å²) in [7, 11) is 0. The Morgan fingerprint density at radius 1 is 1.21 bits per heavy atom. The molecule has 0 unspecified atom stereocenters. The van der Waals surface area contributed by atoms with E-state index in [0.29, 0.717) is 4.75 Å². The molecule has 0 heterocycles. The smallest absolute Gasteiger partial charge is 0.0276 e. The molecule has 0 aliphatic carbocycles. The van der Waals surface area contributed by atoms with Gasteiger partial charge in [0.05, 0.1) is 0 Å². The summed E-state index contributed by atoms with van der Waals surface area (Å²) in [4.78, 5) is 0. The summed E-state index contributed by atoms with van der Waals surface area (Å²) in [6.45, 7) is 11.5. The molecule has 0 saturated heterocycles. The standard InChI is InChI=1S/C12H27NS/c1-6-12(7-2,14-5)10-13-9-8-11(3)4/h11,13H,6-10H2,1-5H3. The van der Waals surface area contributed by atoms with E-state index in [1.807, 2.05) is 11.8 Å². The Kier molecular flexibility index (Phi) is 7.75. The van der Waals surface area contributed by atoms with E-state index in [9.17, 15) is 0 Å². The highest BCUT2D eigenvalue weighted by Crippen LogP contribution is 2.29. The first-order valence-electron chi connectivity index (χ1n) is 5.86. The van der Waals surface area contributed by atoms with Gasteiger partial charge in [0.2, 0.25) is 0 Å². The second kappa shape index (κ2) is 7.58. The van der Waals surface area contributed by atoms with E-state index in [-0.39, 0.29) is 0 Å². The minimum absolute atomic E-state index is 0.469. The van der Waals surface area contributed by atoms with Crippen LogP contribution in [-0.4, -0.2) is 24.1 Å². The van der Waals surface area contributed by atoms with E-state index in [2.05, 4.69) is 39.3 Å². The van der Waals surface area contributed by atoms with Crippen molar-refractivity contribution in [2.45, 2.75) is 51.7 Å². The third kappa shape index (κ3) is 5.26. The van der Waals surface area contributed by atoms with E-state index in [1.165, 1.54) is 25.8 Å². The molecule has 0 radical (unpaired) electrons. The zero-order chi connectivity index (χ0) is 11.0. The average molecular weight is 217 g/mol. The maximum Gasteiger partial charge on any atom is 0.0276 e. The molecular formula is C12H27NS. The Morgan fingerprint density at radius 3 is 2.14 bits per heavy atom. The van der Waals surface area contributed by atoms with Gasteiger partial charge in [-0.1, -0.05) is 27.7 Å². The van der Waals surface area contributed by atoms with Crippen LogP contribution in [0.25, 0.3) is 0 Å². The maximum atomic E-state index is 3.59. The van der Waals surface area contributed by atoms with Gasteiger partial charge in [0, 0.05) is 11.3 Å². The molecule has 0 amide bonds. The minimum atomic E-state index is 0.469. The Morgan fingerprint density at radius 2 is 1.79 bits per heavy atom. The summed E-state index contributed by atoms with van der Waals surface area (Å²) in [5.41, 5.74) is 0. The SMILES string of the molecule is CCC(CC)(CNCCC(C)C)SC. The van der Waals surface area contributed by atoms with Crippen LogP contribution in [0, 0.1) is 5.92 Å². The minimum Gasteiger partial charge on any atom is -0.315 e. The fourth-order valence-electron chi connectivity index (χ4n) is 1.57. The van der Waals surface area contributed by atoms with Gasteiger partial charge in [-0.2, -0.15) is 11.8 Å². The number of thioether (sulfide) groups is 1. The highest BCUT2D eigenvalue weighted by Gasteiger charge is 2.23. The fourth-order valence-corrected chi connectivity index (χ4v) is 2.39. The summed E-state index contributed by atoms with van der Waals surface area (Å²) in [6, 6.07) is 0. The lowest BCUT2D eigenvalue weighted by Gasteiger charge is -2.30. The first-order chi connectivity index (χ1) is 6.60. The molecule has 0 spiro atoms. The van der Waals surface area contributed by atoms with Gasteiger partial charge >= 0.3 is 0 Å². The number of nitrogens with one attached hydrogen (secondary N) is 1. The van der Waals surface area contributed by atoms with Crippen LogP contribution in [0.2, 0.25) is 0 Å².